The van der Waals surface area contributed by atoms with Crippen molar-refractivity contribution in [1.29, 1.82) is 0 Å². The smallest absolute Gasteiger partial charge is 0.407 e. The van der Waals surface area contributed by atoms with Gasteiger partial charge in [-0.1, -0.05) is 42.5 Å². The zero-order valence-electron chi connectivity index (χ0n) is 15.2. The second-order valence-electron chi connectivity index (χ2n) is 6.28. The third kappa shape index (κ3) is 4.16. The van der Waals surface area contributed by atoms with Gasteiger partial charge in [0, 0.05) is 6.54 Å². The molecule has 1 N–H and O–H groups in total. The van der Waals surface area contributed by atoms with Crippen LogP contribution >= 0.6 is 0 Å². The predicted octanol–water partition coefficient (Wildman–Crippen LogP) is 3.55. The van der Waals surface area contributed by atoms with E-state index < -0.39 is 6.09 Å². The van der Waals surface area contributed by atoms with Crippen LogP contribution < -0.4 is 5.32 Å². The first kappa shape index (κ1) is 18.6. The molecule has 0 aliphatic carbocycles. The van der Waals surface area contributed by atoms with Gasteiger partial charge in [-0.2, -0.15) is 0 Å². The van der Waals surface area contributed by atoms with Crippen LogP contribution in [0, 0.1) is 0 Å². The van der Waals surface area contributed by atoms with Crippen LogP contribution in [0.25, 0.3) is 0 Å². The molecule has 1 atom stereocenters. The van der Waals surface area contributed by atoms with Crippen molar-refractivity contribution in [3.8, 4) is 0 Å². The molecule has 3 amide bonds. The number of rotatable bonds is 7. The molecule has 27 heavy (non-hydrogen) atoms. The van der Waals surface area contributed by atoms with E-state index in [0.29, 0.717) is 37.1 Å². The first-order valence-corrected chi connectivity index (χ1v) is 9.05. The molecule has 0 spiro atoms. The van der Waals surface area contributed by atoms with Gasteiger partial charge in [0.25, 0.3) is 11.8 Å². The minimum atomic E-state index is -0.480. The highest BCUT2D eigenvalue weighted by Gasteiger charge is 2.34. The van der Waals surface area contributed by atoms with Gasteiger partial charge in [0.2, 0.25) is 0 Å². The van der Waals surface area contributed by atoms with E-state index in [1.165, 1.54) is 4.90 Å². The summed E-state index contributed by atoms with van der Waals surface area (Å²) in [5.41, 5.74) is 1.85. The summed E-state index contributed by atoms with van der Waals surface area (Å²) in [7, 11) is 0. The normalized spacial score (nSPS) is 14.0. The van der Waals surface area contributed by atoms with E-state index in [1.807, 2.05) is 30.3 Å². The summed E-state index contributed by atoms with van der Waals surface area (Å²) >= 11 is 0. The Balaban J connectivity index is 1.63. The number of nitrogens with one attached hydrogen (secondary N) is 1. The number of amides is 3. The van der Waals surface area contributed by atoms with Crippen LogP contribution in [0.3, 0.4) is 0 Å². The maximum atomic E-state index is 12.4. The lowest BCUT2D eigenvalue weighted by molar-refractivity contribution is 0.0649. The average Bonchev–Trinajstić information content (AvgIpc) is 2.93. The number of fused-ring (bicyclic) bond motifs is 1. The van der Waals surface area contributed by atoms with Crippen molar-refractivity contribution in [3.05, 3.63) is 71.3 Å². The monoisotopic (exact) mass is 366 g/mol. The van der Waals surface area contributed by atoms with E-state index in [2.05, 4.69) is 5.32 Å². The van der Waals surface area contributed by atoms with Gasteiger partial charge in [-0.25, -0.2) is 4.79 Å². The van der Waals surface area contributed by atoms with Crippen molar-refractivity contribution in [3.63, 3.8) is 0 Å². The Kier molecular flexibility index (Phi) is 5.86. The highest BCUT2D eigenvalue weighted by Crippen LogP contribution is 2.24. The Bertz CT molecular complexity index is 800. The van der Waals surface area contributed by atoms with Crippen LogP contribution in [0.15, 0.2) is 54.6 Å². The van der Waals surface area contributed by atoms with E-state index in [1.54, 1.807) is 31.2 Å². The van der Waals surface area contributed by atoms with Gasteiger partial charge in [-0.15, -0.1) is 0 Å². The lowest BCUT2D eigenvalue weighted by Crippen LogP contribution is -2.33. The Hall–Kier alpha value is -3.15. The Labute approximate surface area is 158 Å². The van der Waals surface area contributed by atoms with Crippen molar-refractivity contribution in [2.45, 2.75) is 25.8 Å². The molecule has 1 unspecified atom stereocenters. The molecular weight excluding hydrogens is 344 g/mol. The second-order valence-corrected chi connectivity index (χ2v) is 6.28. The molecule has 1 heterocycles. The molecule has 1 aliphatic rings. The van der Waals surface area contributed by atoms with Gasteiger partial charge in [0.15, 0.2) is 0 Å². The fraction of sp³-hybridized carbons (Fsp3) is 0.286. The summed E-state index contributed by atoms with van der Waals surface area (Å²) in [6, 6.07) is 16.2. The van der Waals surface area contributed by atoms with Gasteiger partial charge in [0.05, 0.1) is 23.8 Å². The van der Waals surface area contributed by atoms with Crippen molar-refractivity contribution < 1.29 is 19.1 Å². The van der Waals surface area contributed by atoms with E-state index >= 15 is 0 Å². The predicted molar refractivity (Wildman–Crippen MR) is 100 cm³/mol. The molecule has 0 aromatic heterocycles. The lowest BCUT2D eigenvalue weighted by Gasteiger charge is -2.20. The fourth-order valence-corrected chi connectivity index (χ4v) is 3.22. The molecule has 3 rings (SSSR count). The van der Waals surface area contributed by atoms with Crippen LogP contribution in [0.1, 0.15) is 52.1 Å². The number of ether oxygens (including phenoxy) is 1. The maximum absolute atomic E-state index is 12.4. The van der Waals surface area contributed by atoms with Crippen LogP contribution in [-0.4, -0.2) is 36.0 Å². The number of carbonyl (C=O) groups excluding carboxylic acids is 3. The van der Waals surface area contributed by atoms with Crippen LogP contribution in [-0.2, 0) is 4.74 Å². The Morgan fingerprint density at radius 2 is 1.59 bits per heavy atom. The number of nitrogens with zero attached hydrogens (tertiary/aromatic N) is 1. The van der Waals surface area contributed by atoms with Gasteiger partial charge < -0.3 is 10.1 Å². The highest BCUT2D eigenvalue weighted by molar-refractivity contribution is 6.21. The highest BCUT2D eigenvalue weighted by atomic mass is 16.5. The third-order valence-corrected chi connectivity index (χ3v) is 4.52. The molecule has 0 bridgehead atoms. The van der Waals surface area contributed by atoms with Crippen molar-refractivity contribution in [2.75, 3.05) is 13.2 Å². The van der Waals surface area contributed by atoms with E-state index in [4.69, 9.17) is 4.74 Å². The zero-order chi connectivity index (χ0) is 19.2. The van der Waals surface area contributed by atoms with Crippen LogP contribution in [0.2, 0.25) is 0 Å². The number of imide groups is 1. The van der Waals surface area contributed by atoms with Crippen LogP contribution in [0.4, 0.5) is 4.79 Å². The van der Waals surface area contributed by atoms with E-state index in [9.17, 15) is 14.4 Å². The average molecular weight is 366 g/mol. The maximum Gasteiger partial charge on any atom is 0.407 e. The number of carbonyl (C=O) groups is 3. The number of alkyl carbamates (subject to hydrolysis) is 1. The lowest BCUT2D eigenvalue weighted by atomic mass is 10.0. The standard InChI is InChI=1S/C21H22N2O4/c1-2-27-21(26)22-18(15-9-4-3-5-10-15)13-8-14-23-19(24)16-11-6-7-12-17(16)20(23)25/h3-7,9-12,18H,2,8,13-14H2,1H3,(H,22,26). The number of hydrogen-bond donors (Lipinski definition) is 1. The minimum Gasteiger partial charge on any atom is -0.450 e. The summed E-state index contributed by atoms with van der Waals surface area (Å²) in [5, 5.41) is 2.85. The molecule has 0 saturated carbocycles. The zero-order valence-corrected chi connectivity index (χ0v) is 15.2. The van der Waals surface area contributed by atoms with Gasteiger partial charge in [0.1, 0.15) is 0 Å². The molecule has 0 radical (unpaired) electrons. The minimum absolute atomic E-state index is 0.250. The molecule has 2 aromatic carbocycles. The van der Waals surface area contributed by atoms with E-state index in [0.717, 1.165) is 5.56 Å². The molecule has 2 aromatic rings. The van der Waals surface area contributed by atoms with Gasteiger partial charge >= 0.3 is 6.09 Å². The van der Waals surface area contributed by atoms with Gasteiger partial charge in [-0.3, -0.25) is 14.5 Å². The molecular formula is C21H22N2O4. The second kappa shape index (κ2) is 8.49. The molecule has 0 fully saturated rings. The summed E-state index contributed by atoms with van der Waals surface area (Å²) in [4.78, 5) is 38.0. The number of hydrogen-bond acceptors (Lipinski definition) is 4. The summed E-state index contributed by atoms with van der Waals surface area (Å²) in [6.45, 7) is 2.35. The quantitative estimate of drug-likeness (QED) is 0.761. The fourth-order valence-electron chi connectivity index (χ4n) is 3.22. The molecule has 6 nitrogen and oxygen atoms in total. The van der Waals surface area contributed by atoms with Crippen LogP contribution in [0.5, 0.6) is 0 Å². The van der Waals surface area contributed by atoms with Crippen molar-refractivity contribution in [1.82, 2.24) is 10.2 Å². The number of benzene rings is 2. The summed E-state index contributed by atoms with van der Waals surface area (Å²) in [6.07, 6.45) is 0.667. The molecule has 1 aliphatic heterocycles. The largest absolute Gasteiger partial charge is 0.450 e. The van der Waals surface area contributed by atoms with Gasteiger partial charge in [-0.05, 0) is 37.5 Å². The molecule has 6 heteroatoms. The molecule has 140 valence electrons. The Morgan fingerprint density at radius 3 is 2.19 bits per heavy atom. The SMILES string of the molecule is CCOC(=O)NC(CCCN1C(=O)c2ccccc2C1=O)c1ccccc1. The Morgan fingerprint density at radius 1 is 1.00 bits per heavy atom. The topological polar surface area (TPSA) is 75.7 Å². The van der Waals surface area contributed by atoms with Crippen molar-refractivity contribution >= 4 is 17.9 Å². The summed E-state index contributed by atoms with van der Waals surface area (Å²) in [5.74, 6) is -0.518. The summed E-state index contributed by atoms with van der Waals surface area (Å²) < 4.78 is 4.98. The van der Waals surface area contributed by atoms with Crippen molar-refractivity contribution in [2.24, 2.45) is 0 Å². The first-order valence-electron chi connectivity index (χ1n) is 9.05. The molecule has 0 saturated heterocycles. The first-order chi connectivity index (χ1) is 13.1. The third-order valence-electron chi connectivity index (χ3n) is 4.52. The van der Waals surface area contributed by atoms with E-state index in [-0.39, 0.29) is 17.9 Å².